The number of ether oxygens (including phenoxy) is 2. The predicted molar refractivity (Wildman–Crippen MR) is 47.3 cm³/mol. The highest BCUT2D eigenvalue weighted by molar-refractivity contribution is 5.85. The Labute approximate surface area is 81.0 Å². The minimum atomic E-state index is -1.10. The third-order valence-corrected chi connectivity index (χ3v) is 1.18. The van der Waals surface area contributed by atoms with E-state index in [4.69, 9.17) is 0 Å². The zero-order chi connectivity index (χ0) is 11.0. The number of hydrogen-bond donors (Lipinski definition) is 0. The SMILES string of the molecule is C=CC(=O)OC(C=O)C=CC(=O)OC. The van der Waals surface area contributed by atoms with Crippen LogP contribution >= 0.6 is 0 Å². The van der Waals surface area contributed by atoms with Crippen LogP contribution < -0.4 is 0 Å². The lowest BCUT2D eigenvalue weighted by Gasteiger charge is -2.04. The highest BCUT2D eigenvalue weighted by Crippen LogP contribution is 1.93. The van der Waals surface area contributed by atoms with E-state index < -0.39 is 18.0 Å². The quantitative estimate of drug-likeness (QED) is 0.353. The van der Waals surface area contributed by atoms with Gasteiger partial charge in [0, 0.05) is 12.2 Å². The van der Waals surface area contributed by atoms with Crippen molar-refractivity contribution in [3.8, 4) is 0 Å². The van der Waals surface area contributed by atoms with Gasteiger partial charge in [-0.1, -0.05) is 6.58 Å². The van der Waals surface area contributed by atoms with Gasteiger partial charge < -0.3 is 9.47 Å². The van der Waals surface area contributed by atoms with Crippen molar-refractivity contribution in [2.24, 2.45) is 0 Å². The van der Waals surface area contributed by atoms with E-state index in [0.29, 0.717) is 6.29 Å². The van der Waals surface area contributed by atoms with Crippen LogP contribution in [0.3, 0.4) is 0 Å². The van der Waals surface area contributed by atoms with Crippen molar-refractivity contribution in [2.75, 3.05) is 7.11 Å². The third kappa shape index (κ3) is 4.87. The first kappa shape index (κ1) is 12.1. The highest BCUT2D eigenvalue weighted by atomic mass is 16.5. The Balaban J connectivity index is 4.22. The van der Waals surface area contributed by atoms with Crippen molar-refractivity contribution in [2.45, 2.75) is 6.10 Å². The number of rotatable bonds is 5. The fourth-order valence-electron chi connectivity index (χ4n) is 0.536. The Kier molecular flexibility index (Phi) is 5.69. The standard InChI is InChI=1S/C9H10O5/c1-3-8(11)14-7(6-10)4-5-9(12)13-2/h3-7H,1H2,2H3. The van der Waals surface area contributed by atoms with Gasteiger partial charge in [-0.25, -0.2) is 9.59 Å². The van der Waals surface area contributed by atoms with Crippen LogP contribution in [0, 0.1) is 0 Å². The normalized spacial score (nSPS) is 11.8. The molecule has 76 valence electrons. The van der Waals surface area contributed by atoms with Crippen LogP contribution in [0.5, 0.6) is 0 Å². The van der Waals surface area contributed by atoms with E-state index >= 15 is 0 Å². The molecule has 1 atom stereocenters. The summed E-state index contributed by atoms with van der Waals surface area (Å²) in [5.74, 6) is -1.37. The van der Waals surface area contributed by atoms with Crippen LogP contribution in [0.1, 0.15) is 0 Å². The molecule has 0 aliphatic rings. The molecule has 0 aromatic carbocycles. The summed E-state index contributed by atoms with van der Waals surface area (Å²) in [6, 6.07) is 0. The maximum absolute atomic E-state index is 10.6. The average Bonchev–Trinajstić information content (AvgIpc) is 2.22. The molecule has 0 rings (SSSR count). The Morgan fingerprint density at radius 2 is 2.00 bits per heavy atom. The molecule has 0 amide bonds. The maximum Gasteiger partial charge on any atom is 0.331 e. The molecule has 0 aliphatic carbocycles. The summed E-state index contributed by atoms with van der Waals surface area (Å²) in [7, 11) is 1.19. The van der Waals surface area contributed by atoms with Crippen LogP contribution in [0.25, 0.3) is 0 Å². The number of carbonyl (C=O) groups is 3. The summed E-state index contributed by atoms with van der Waals surface area (Å²) in [4.78, 5) is 31.6. The van der Waals surface area contributed by atoms with Gasteiger partial charge in [-0.15, -0.1) is 0 Å². The van der Waals surface area contributed by atoms with Gasteiger partial charge in [0.05, 0.1) is 7.11 Å². The summed E-state index contributed by atoms with van der Waals surface area (Å²) in [6.45, 7) is 3.15. The van der Waals surface area contributed by atoms with Gasteiger partial charge >= 0.3 is 11.9 Å². The molecule has 5 nitrogen and oxygen atoms in total. The molecule has 0 aromatic heterocycles. The molecule has 14 heavy (non-hydrogen) atoms. The van der Waals surface area contributed by atoms with E-state index in [1.807, 2.05) is 0 Å². The molecule has 0 saturated carbocycles. The van der Waals surface area contributed by atoms with E-state index in [9.17, 15) is 14.4 Å². The van der Waals surface area contributed by atoms with E-state index in [2.05, 4.69) is 16.1 Å². The van der Waals surface area contributed by atoms with Crippen molar-refractivity contribution in [3.63, 3.8) is 0 Å². The van der Waals surface area contributed by atoms with Crippen LogP contribution in [0.2, 0.25) is 0 Å². The molecule has 0 heterocycles. The summed E-state index contributed by atoms with van der Waals surface area (Å²) in [6.07, 6.45) is 2.30. The maximum atomic E-state index is 10.6. The summed E-state index contributed by atoms with van der Waals surface area (Å²) >= 11 is 0. The first-order valence-electron chi connectivity index (χ1n) is 3.68. The van der Waals surface area contributed by atoms with E-state index in [0.717, 1.165) is 18.2 Å². The fraction of sp³-hybridized carbons (Fsp3) is 0.222. The topological polar surface area (TPSA) is 69.7 Å². The molecular formula is C9H10O5. The van der Waals surface area contributed by atoms with Gasteiger partial charge in [-0.05, 0) is 6.08 Å². The van der Waals surface area contributed by atoms with Crippen LogP contribution in [0.4, 0.5) is 0 Å². The molecule has 1 unspecified atom stereocenters. The van der Waals surface area contributed by atoms with Crippen LogP contribution in [-0.2, 0) is 23.9 Å². The number of aldehydes is 1. The zero-order valence-electron chi connectivity index (χ0n) is 7.64. The molecule has 0 aliphatic heterocycles. The molecule has 0 fully saturated rings. The predicted octanol–water partition coefficient (Wildman–Crippen LogP) is 0.0123. The number of esters is 2. The molecule has 5 heteroatoms. The average molecular weight is 198 g/mol. The lowest BCUT2D eigenvalue weighted by Crippen LogP contribution is -2.16. The molecule has 0 radical (unpaired) electrons. The molecule has 0 bridgehead atoms. The van der Waals surface area contributed by atoms with Gasteiger partial charge in [-0.3, -0.25) is 4.79 Å². The highest BCUT2D eigenvalue weighted by Gasteiger charge is 2.07. The Hall–Kier alpha value is -1.91. The Morgan fingerprint density at radius 1 is 1.36 bits per heavy atom. The van der Waals surface area contributed by atoms with E-state index in [-0.39, 0.29) is 0 Å². The summed E-state index contributed by atoms with van der Waals surface area (Å²) < 4.78 is 8.80. The van der Waals surface area contributed by atoms with Gasteiger partial charge in [0.25, 0.3) is 0 Å². The fourth-order valence-corrected chi connectivity index (χ4v) is 0.536. The second-order valence-corrected chi connectivity index (χ2v) is 2.12. The summed E-state index contributed by atoms with van der Waals surface area (Å²) in [5.41, 5.74) is 0. The first-order valence-corrected chi connectivity index (χ1v) is 3.68. The van der Waals surface area contributed by atoms with Crippen molar-refractivity contribution < 1.29 is 23.9 Å². The van der Waals surface area contributed by atoms with Crippen LogP contribution in [-0.4, -0.2) is 31.4 Å². The van der Waals surface area contributed by atoms with E-state index in [1.54, 1.807) is 0 Å². The monoisotopic (exact) mass is 198 g/mol. The summed E-state index contributed by atoms with van der Waals surface area (Å²) in [5, 5.41) is 0. The van der Waals surface area contributed by atoms with Gasteiger partial charge in [0.1, 0.15) is 0 Å². The van der Waals surface area contributed by atoms with Gasteiger partial charge in [-0.2, -0.15) is 0 Å². The minimum Gasteiger partial charge on any atom is -0.466 e. The van der Waals surface area contributed by atoms with Crippen molar-refractivity contribution in [3.05, 3.63) is 24.8 Å². The molecule has 0 N–H and O–H groups in total. The molecule has 0 spiro atoms. The number of carbonyl (C=O) groups excluding carboxylic acids is 3. The third-order valence-electron chi connectivity index (χ3n) is 1.18. The second kappa shape index (κ2) is 6.59. The lowest BCUT2D eigenvalue weighted by molar-refractivity contribution is -0.144. The lowest BCUT2D eigenvalue weighted by atomic mass is 10.3. The first-order chi connectivity index (χ1) is 6.63. The molecular weight excluding hydrogens is 188 g/mol. The smallest absolute Gasteiger partial charge is 0.331 e. The molecule has 0 saturated heterocycles. The van der Waals surface area contributed by atoms with E-state index in [1.165, 1.54) is 7.11 Å². The largest absolute Gasteiger partial charge is 0.466 e. The van der Waals surface area contributed by atoms with Crippen molar-refractivity contribution >= 4 is 18.2 Å². The number of methoxy groups -OCH3 is 1. The second-order valence-electron chi connectivity index (χ2n) is 2.12. The molecule has 0 aromatic rings. The minimum absolute atomic E-state index is 0.376. The Bertz CT molecular complexity index is 266. The van der Waals surface area contributed by atoms with Gasteiger partial charge in [0.15, 0.2) is 12.4 Å². The Morgan fingerprint density at radius 3 is 2.43 bits per heavy atom. The van der Waals surface area contributed by atoms with Crippen molar-refractivity contribution in [1.82, 2.24) is 0 Å². The van der Waals surface area contributed by atoms with Crippen molar-refractivity contribution in [1.29, 1.82) is 0 Å². The zero-order valence-corrected chi connectivity index (χ0v) is 7.64. The number of hydrogen-bond acceptors (Lipinski definition) is 5. The van der Waals surface area contributed by atoms with Crippen LogP contribution in [0.15, 0.2) is 24.8 Å². The van der Waals surface area contributed by atoms with Gasteiger partial charge in [0.2, 0.25) is 0 Å².